The van der Waals surface area contributed by atoms with Crippen molar-refractivity contribution in [1.82, 2.24) is 0 Å². The fourth-order valence-corrected chi connectivity index (χ4v) is 2.30. The molecular weight excluding hydrogens is 385 g/mol. The number of ether oxygens (including phenoxy) is 1. The van der Waals surface area contributed by atoms with Crippen LogP contribution in [0.4, 0.5) is 24.5 Å². The van der Waals surface area contributed by atoms with Crippen LogP contribution in [-0.2, 0) is 15.8 Å². The summed E-state index contributed by atoms with van der Waals surface area (Å²) in [6.45, 7) is 1.29. The lowest BCUT2D eigenvalue weighted by atomic mass is 10.2. The second-order valence-electron chi connectivity index (χ2n) is 5.46. The average molecular weight is 401 g/mol. The van der Waals surface area contributed by atoms with Crippen LogP contribution in [0, 0.1) is 0 Å². The van der Waals surface area contributed by atoms with E-state index in [9.17, 15) is 22.8 Å². The number of alkyl halides is 3. The highest BCUT2D eigenvalue weighted by Crippen LogP contribution is 2.36. The second-order valence-corrected chi connectivity index (χ2v) is 5.87. The molecule has 0 radical (unpaired) electrons. The summed E-state index contributed by atoms with van der Waals surface area (Å²) < 4.78 is 43.8. The van der Waals surface area contributed by atoms with E-state index in [1.54, 1.807) is 25.1 Å². The molecule has 5 nitrogen and oxygen atoms in total. The molecular formula is C18H16ClF3N2O3. The molecule has 9 heteroatoms. The van der Waals surface area contributed by atoms with Crippen LogP contribution < -0.4 is 15.4 Å². The largest absolute Gasteiger partial charge is 0.484 e. The Balaban J connectivity index is 1.97. The first-order valence-corrected chi connectivity index (χ1v) is 8.26. The summed E-state index contributed by atoms with van der Waals surface area (Å²) in [6, 6.07) is 9.47. The van der Waals surface area contributed by atoms with Crippen LogP contribution in [0.15, 0.2) is 42.5 Å². The van der Waals surface area contributed by atoms with Crippen LogP contribution in [0.3, 0.4) is 0 Å². The quantitative estimate of drug-likeness (QED) is 0.737. The number of nitrogens with one attached hydrogen (secondary N) is 2. The van der Waals surface area contributed by atoms with Gasteiger partial charge in [0.2, 0.25) is 5.91 Å². The van der Waals surface area contributed by atoms with Crippen molar-refractivity contribution in [1.29, 1.82) is 0 Å². The second kappa shape index (κ2) is 8.77. The van der Waals surface area contributed by atoms with Crippen LogP contribution in [0.1, 0.15) is 18.9 Å². The lowest BCUT2D eigenvalue weighted by Gasteiger charge is -2.12. The maximum Gasteiger partial charge on any atom is 0.417 e. The number of carbonyl (C=O) groups is 2. The molecule has 2 N–H and O–H groups in total. The molecule has 0 heterocycles. The SMILES string of the molecule is CCC(=O)Nc1cccc(OCC(=O)Nc2ccc(Cl)c(C(F)(F)F)c2)c1. The van der Waals surface area contributed by atoms with E-state index < -0.39 is 29.3 Å². The summed E-state index contributed by atoms with van der Waals surface area (Å²) in [7, 11) is 0. The molecule has 2 amide bonds. The van der Waals surface area contributed by atoms with Gasteiger partial charge in [-0.25, -0.2) is 0 Å². The molecule has 0 aromatic heterocycles. The number of amides is 2. The van der Waals surface area contributed by atoms with E-state index >= 15 is 0 Å². The monoisotopic (exact) mass is 400 g/mol. The third-order valence-electron chi connectivity index (χ3n) is 3.36. The van der Waals surface area contributed by atoms with Crippen molar-refractivity contribution < 1.29 is 27.5 Å². The third-order valence-corrected chi connectivity index (χ3v) is 3.69. The molecule has 2 aromatic carbocycles. The van der Waals surface area contributed by atoms with Crippen LogP contribution in [-0.4, -0.2) is 18.4 Å². The molecule has 0 saturated heterocycles. The van der Waals surface area contributed by atoms with Gasteiger partial charge in [0.1, 0.15) is 5.75 Å². The molecule has 0 unspecified atom stereocenters. The molecule has 0 fully saturated rings. The molecule has 27 heavy (non-hydrogen) atoms. The molecule has 0 saturated carbocycles. The summed E-state index contributed by atoms with van der Waals surface area (Å²) in [5.41, 5.74) is -0.584. The Labute approximate surface area is 158 Å². The summed E-state index contributed by atoms with van der Waals surface area (Å²) in [4.78, 5) is 23.3. The number of benzene rings is 2. The van der Waals surface area contributed by atoms with E-state index in [2.05, 4.69) is 10.6 Å². The number of hydrogen-bond acceptors (Lipinski definition) is 3. The highest BCUT2D eigenvalue weighted by molar-refractivity contribution is 6.31. The highest BCUT2D eigenvalue weighted by atomic mass is 35.5. The predicted molar refractivity (Wildman–Crippen MR) is 95.9 cm³/mol. The van der Waals surface area contributed by atoms with Crippen molar-refractivity contribution in [2.24, 2.45) is 0 Å². The van der Waals surface area contributed by atoms with E-state index in [4.69, 9.17) is 16.3 Å². The van der Waals surface area contributed by atoms with Gasteiger partial charge in [-0.3, -0.25) is 9.59 Å². The van der Waals surface area contributed by atoms with Crippen LogP contribution in [0.2, 0.25) is 5.02 Å². The number of carbonyl (C=O) groups excluding carboxylic acids is 2. The van der Waals surface area contributed by atoms with E-state index in [1.165, 1.54) is 12.1 Å². The van der Waals surface area contributed by atoms with Gasteiger partial charge in [-0.2, -0.15) is 13.2 Å². The first-order chi connectivity index (χ1) is 12.7. The van der Waals surface area contributed by atoms with Crippen molar-refractivity contribution in [3.8, 4) is 5.75 Å². The van der Waals surface area contributed by atoms with Gasteiger partial charge < -0.3 is 15.4 Å². The minimum Gasteiger partial charge on any atom is -0.484 e. The molecule has 2 aromatic rings. The third kappa shape index (κ3) is 6.18. The number of anilines is 2. The summed E-state index contributed by atoms with van der Waals surface area (Å²) in [5, 5.41) is 4.51. The van der Waals surface area contributed by atoms with Crippen LogP contribution in [0.5, 0.6) is 5.75 Å². The molecule has 2 rings (SSSR count). The highest BCUT2D eigenvalue weighted by Gasteiger charge is 2.33. The van der Waals surface area contributed by atoms with Gasteiger partial charge in [0, 0.05) is 23.9 Å². The van der Waals surface area contributed by atoms with Crippen molar-refractivity contribution in [3.63, 3.8) is 0 Å². The molecule has 0 aliphatic heterocycles. The smallest absolute Gasteiger partial charge is 0.417 e. The van der Waals surface area contributed by atoms with E-state index in [-0.39, 0.29) is 11.6 Å². The summed E-state index contributed by atoms with van der Waals surface area (Å²) in [6.07, 6.45) is -4.31. The fourth-order valence-electron chi connectivity index (χ4n) is 2.08. The zero-order chi connectivity index (χ0) is 20.0. The number of hydrogen-bond donors (Lipinski definition) is 2. The van der Waals surface area contributed by atoms with Crippen LogP contribution >= 0.6 is 11.6 Å². The maximum atomic E-state index is 12.8. The Morgan fingerprint density at radius 1 is 1.04 bits per heavy atom. The molecule has 0 aliphatic rings. The first-order valence-electron chi connectivity index (χ1n) is 7.88. The van der Waals surface area contributed by atoms with E-state index in [0.29, 0.717) is 17.9 Å². The van der Waals surface area contributed by atoms with Crippen LogP contribution in [0.25, 0.3) is 0 Å². The lowest BCUT2D eigenvalue weighted by molar-refractivity contribution is -0.137. The zero-order valence-electron chi connectivity index (χ0n) is 14.2. The van der Waals surface area contributed by atoms with Crippen molar-refractivity contribution in [3.05, 3.63) is 53.1 Å². The van der Waals surface area contributed by atoms with Gasteiger partial charge >= 0.3 is 6.18 Å². The first kappa shape index (κ1) is 20.6. The topological polar surface area (TPSA) is 67.4 Å². The van der Waals surface area contributed by atoms with E-state index in [1.807, 2.05) is 0 Å². The van der Waals surface area contributed by atoms with Gasteiger partial charge in [-0.15, -0.1) is 0 Å². The number of rotatable bonds is 6. The molecule has 144 valence electrons. The van der Waals surface area contributed by atoms with Gasteiger partial charge in [0.05, 0.1) is 10.6 Å². The molecule has 0 spiro atoms. The van der Waals surface area contributed by atoms with Gasteiger partial charge in [0.15, 0.2) is 6.61 Å². The van der Waals surface area contributed by atoms with E-state index in [0.717, 1.165) is 12.1 Å². The minimum atomic E-state index is -4.63. The Hall–Kier alpha value is -2.74. The predicted octanol–water partition coefficient (Wildman–Crippen LogP) is 4.72. The summed E-state index contributed by atoms with van der Waals surface area (Å²) >= 11 is 5.53. The lowest BCUT2D eigenvalue weighted by Crippen LogP contribution is -2.20. The average Bonchev–Trinajstić information content (AvgIpc) is 2.61. The molecule has 0 bridgehead atoms. The Morgan fingerprint density at radius 2 is 1.70 bits per heavy atom. The molecule has 0 aliphatic carbocycles. The Kier molecular flexibility index (Phi) is 6.68. The summed E-state index contributed by atoms with van der Waals surface area (Å²) in [5.74, 6) is -0.493. The maximum absolute atomic E-state index is 12.8. The molecule has 0 atom stereocenters. The fraction of sp³-hybridized carbons (Fsp3) is 0.222. The normalized spacial score (nSPS) is 11.0. The number of halogens is 4. The van der Waals surface area contributed by atoms with Crippen molar-refractivity contribution in [2.45, 2.75) is 19.5 Å². The Bertz CT molecular complexity index is 841. The minimum absolute atomic E-state index is 0.0516. The zero-order valence-corrected chi connectivity index (χ0v) is 14.9. The standard InChI is InChI=1S/C18H16ClF3N2O3/c1-2-16(25)23-11-4-3-5-13(8-11)27-10-17(26)24-12-6-7-15(19)14(9-12)18(20,21)22/h3-9H,2,10H2,1H3,(H,23,25)(H,24,26). The van der Waals surface area contributed by atoms with Gasteiger partial charge in [-0.05, 0) is 30.3 Å². The van der Waals surface area contributed by atoms with Crippen molar-refractivity contribution >= 4 is 34.8 Å². The van der Waals surface area contributed by atoms with Gasteiger partial charge in [-0.1, -0.05) is 24.6 Å². The van der Waals surface area contributed by atoms with Crippen molar-refractivity contribution in [2.75, 3.05) is 17.2 Å². The Morgan fingerprint density at radius 3 is 2.37 bits per heavy atom. The van der Waals surface area contributed by atoms with Gasteiger partial charge in [0.25, 0.3) is 5.91 Å².